The number of rotatable bonds is 2. The molecule has 1 aromatic rings. The van der Waals surface area contributed by atoms with Gasteiger partial charge in [-0.3, -0.25) is 4.79 Å². The largest absolute Gasteiger partial charge is 0.394 e. The molecule has 88 valence electrons. The standard InChI is InChI=1S/C10H13NO5/c12-5-7-8(14)9(15)10(16-7)11-3-1-6(13)2-4-11/h1-4,7-10,12,14-15H,5H2/t7-,8-,9-,10?/m1/s1. The van der Waals surface area contributed by atoms with E-state index in [4.69, 9.17) is 9.84 Å². The monoisotopic (exact) mass is 227 g/mol. The second-order valence-electron chi connectivity index (χ2n) is 3.71. The molecule has 6 nitrogen and oxygen atoms in total. The first-order valence-electron chi connectivity index (χ1n) is 4.94. The summed E-state index contributed by atoms with van der Waals surface area (Å²) in [5, 5.41) is 28.1. The molecule has 1 unspecified atom stereocenters. The summed E-state index contributed by atoms with van der Waals surface area (Å²) in [6, 6.07) is 2.66. The van der Waals surface area contributed by atoms with Crippen LogP contribution in [0.5, 0.6) is 0 Å². The van der Waals surface area contributed by atoms with Crippen molar-refractivity contribution in [2.45, 2.75) is 24.5 Å². The van der Waals surface area contributed by atoms with Gasteiger partial charge in [0.15, 0.2) is 11.7 Å². The lowest BCUT2D eigenvalue weighted by Crippen LogP contribution is -2.33. The van der Waals surface area contributed by atoms with E-state index in [1.54, 1.807) is 0 Å². The molecule has 1 fully saturated rings. The summed E-state index contributed by atoms with van der Waals surface area (Å²) >= 11 is 0. The van der Waals surface area contributed by atoms with Crippen LogP contribution >= 0.6 is 0 Å². The Balaban J connectivity index is 2.22. The van der Waals surface area contributed by atoms with Crippen molar-refractivity contribution in [2.75, 3.05) is 6.61 Å². The Labute approximate surface area is 91.3 Å². The van der Waals surface area contributed by atoms with Gasteiger partial charge < -0.3 is 24.6 Å². The molecule has 0 radical (unpaired) electrons. The molecular weight excluding hydrogens is 214 g/mol. The fourth-order valence-corrected chi connectivity index (χ4v) is 1.72. The van der Waals surface area contributed by atoms with Gasteiger partial charge in [-0.1, -0.05) is 0 Å². The molecule has 16 heavy (non-hydrogen) atoms. The number of hydrogen-bond donors (Lipinski definition) is 3. The van der Waals surface area contributed by atoms with E-state index in [0.717, 1.165) is 0 Å². The molecule has 0 saturated carbocycles. The number of pyridine rings is 1. The molecule has 3 N–H and O–H groups in total. The quantitative estimate of drug-likeness (QED) is 0.569. The van der Waals surface area contributed by atoms with Crippen molar-refractivity contribution < 1.29 is 20.1 Å². The fraction of sp³-hybridized carbons (Fsp3) is 0.500. The minimum Gasteiger partial charge on any atom is -0.394 e. The first-order chi connectivity index (χ1) is 7.63. The molecule has 0 amide bonds. The van der Waals surface area contributed by atoms with Crippen LogP contribution in [-0.2, 0) is 4.74 Å². The molecule has 1 aliphatic heterocycles. The van der Waals surface area contributed by atoms with Gasteiger partial charge in [0.05, 0.1) is 6.61 Å². The van der Waals surface area contributed by atoms with Crippen LogP contribution in [0.15, 0.2) is 29.3 Å². The zero-order chi connectivity index (χ0) is 11.7. The van der Waals surface area contributed by atoms with Gasteiger partial charge in [-0.15, -0.1) is 0 Å². The first kappa shape index (κ1) is 11.3. The first-order valence-corrected chi connectivity index (χ1v) is 4.94. The Kier molecular flexibility index (Phi) is 3.06. The molecule has 1 aromatic heterocycles. The molecule has 1 aliphatic rings. The van der Waals surface area contributed by atoms with E-state index in [-0.39, 0.29) is 12.0 Å². The fourth-order valence-electron chi connectivity index (χ4n) is 1.72. The van der Waals surface area contributed by atoms with Crippen LogP contribution in [-0.4, -0.2) is 44.8 Å². The van der Waals surface area contributed by atoms with Gasteiger partial charge in [-0.25, -0.2) is 0 Å². The number of ether oxygens (including phenoxy) is 1. The van der Waals surface area contributed by atoms with E-state index in [9.17, 15) is 15.0 Å². The Hall–Kier alpha value is -1.21. The average Bonchev–Trinajstić information content (AvgIpc) is 2.57. The highest BCUT2D eigenvalue weighted by molar-refractivity contribution is 4.98. The Bertz CT molecular complexity index is 397. The van der Waals surface area contributed by atoms with E-state index >= 15 is 0 Å². The molecule has 0 bridgehead atoms. The van der Waals surface area contributed by atoms with E-state index in [2.05, 4.69) is 0 Å². The van der Waals surface area contributed by atoms with Crippen LogP contribution in [0.25, 0.3) is 0 Å². The third-order valence-corrected chi connectivity index (χ3v) is 2.63. The van der Waals surface area contributed by atoms with Crippen molar-refractivity contribution in [1.82, 2.24) is 4.57 Å². The number of aliphatic hydroxyl groups excluding tert-OH is 3. The number of aromatic nitrogens is 1. The lowest BCUT2D eigenvalue weighted by atomic mass is 10.1. The predicted octanol–water partition coefficient (Wildman–Crippen LogP) is -1.54. The van der Waals surface area contributed by atoms with Gasteiger partial charge in [0.1, 0.15) is 18.3 Å². The lowest BCUT2D eigenvalue weighted by molar-refractivity contribution is -0.0530. The smallest absolute Gasteiger partial charge is 0.181 e. The van der Waals surface area contributed by atoms with Gasteiger partial charge in [-0.05, 0) is 0 Å². The zero-order valence-electron chi connectivity index (χ0n) is 8.43. The molecular formula is C10H13NO5. The van der Waals surface area contributed by atoms with E-state index in [0.29, 0.717) is 0 Å². The van der Waals surface area contributed by atoms with Crippen molar-refractivity contribution in [2.24, 2.45) is 0 Å². The molecule has 2 heterocycles. The number of hydrogen-bond acceptors (Lipinski definition) is 5. The summed E-state index contributed by atoms with van der Waals surface area (Å²) in [6.07, 6.45) is -0.924. The third-order valence-electron chi connectivity index (χ3n) is 2.63. The molecule has 0 aliphatic carbocycles. The second-order valence-corrected chi connectivity index (χ2v) is 3.71. The normalized spacial score (nSPS) is 34.2. The maximum atomic E-state index is 10.9. The summed E-state index contributed by atoms with van der Waals surface area (Å²) < 4.78 is 6.75. The van der Waals surface area contributed by atoms with E-state index in [1.807, 2.05) is 0 Å². The minimum absolute atomic E-state index is 0.150. The molecule has 1 saturated heterocycles. The number of aliphatic hydroxyl groups is 3. The van der Waals surface area contributed by atoms with Gasteiger partial charge >= 0.3 is 0 Å². The summed E-state index contributed by atoms with van der Waals surface area (Å²) in [6.45, 7) is -0.366. The topological polar surface area (TPSA) is 91.9 Å². The van der Waals surface area contributed by atoms with Crippen LogP contribution in [0.4, 0.5) is 0 Å². The number of nitrogens with zero attached hydrogens (tertiary/aromatic N) is 1. The van der Waals surface area contributed by atoms with Gasteiger partial charge in [0, 0.05) is 24.5 Å². The van der Waals surface area contributed by atoms with Crippen molar-refractivity contribution >= 4 is 0 Å². The lowest BCUT2D eigenvalue weighted by Gasteiger charge is -2.17. The molecule has 2 rings (SSSR count). The summed E-state index contributed by atoms with van der Waals surface area (Å²) in [7, 11) is 0. The zero-order valence-corrected chi connectivity index (χ0v) is 8.43. The van der Waals surface area contributed by atoms with Gasteiger partial charge in [-0.2, -0.15) is 0 Å². The Morgan fingerprint density at radius 3 is 2.38 bits per heavy atom. The van der Waals surface area contributed by atoms with E-state index < -0.39 is 24.5 Å². The highest BCUT2D eigenvalue weighted by Gasteiger charge is 2.42. The van der Waals surface area contributed by atoms with Crippen LogP contribution < -0.4 is 5.43 Å². The SMILES string of the molecule is O=c1ccn(C2O[C@H](CO)[C@@H](O)[C@H]2O)cc1. The summed E-state index contributed by atoms with van der Waals surface area (Å²) in [5.41, 5.74) is -0.150. The maximum Gasteiger partial charge on any atom is 0.181 e. The van der Waals surface area contributed by atoms with Crippen LogP contribution in [0, 0.1) is 0 Å². The molecule has 4 atom stereocenters. The van der Waals surface area contributed by atoms with Crippen molar-refractivity contribution in [1.29, 1.82) is 0 Å². The van der Waals surface area contributed by atoms with Crippen molar-refractivity contribution in [3.63, 3.8) is 0 Å². The van der Waals surface area contributed by atoms with Gasteiger partial charge in [0.2, 0.25) is 0 Å². The third kappa shape index (κ3) is 1.88. The summed E-state index contributed by atoms with van der Waals surface area (Å²) in [5.74, 6) is 0. The van der Waals surface area contributed by atoms with Gasteiger partial charge in [0.25, 0.3) is 0 Å². The predicted molar refractivity (Wildman–Crippen MR) is 53.7 cm³/mol. The molecule has 0 spiro atoms. The minimum atomic E-state index is -1.13. The van der Waals surface area contributed by atoms with Crippen LogP contribution in [0.2, 0.25) is 0 Å². The van der Waals surface area contributed by atoms with Crippen LogP contribution in [0.1, 0.15) is 6.23 Å². The Morgan fingerprint density at radius 1 is 1.25 bits per heavy atom. The molecule has 0 aromatic carbocycles. The molecule has 6 heteroatoms. The van der Waals surface area contributed by atoms with Crippen LogP contribution in [0.3, 0.4) is 0 Å². The van der Waals surface area contributed by atoms with E-state index in [1.165, 1.54) is 29.1 Å². The maximum absolute atomic E-state index is 10.9. The van der Waals surface area contributed by atoms with Crippen molar-refractivity contribution in [3.8, 4) is 0 Å². The highest BCUT2D eigenvalue weighted by atomic mass is 16.6. The average molecular weight is 227 g/mol. The highest BCUT2D eigenvalue weighted by Crippen LogP contribution is 2.28. The second kappa shape index (κ2) is 4.34. The van der Waals surface area contributed by atoms with Crippen molar-refractivity contribution in [3.05, 3.63) is 34.7 Å². The Morgan fingerprint density at radius 2 is 1.88 bits per heavy atom. The summed E-state index contributed by atoms with van der Waals surface area (Å²) in [4.78, 5) is 10.9.